The zero-order valence-electron chi connectivity index (χ0n) is 19.4. The highest BCUT2D eigenvalue weighted by molar-refractivity contribution is 6.62. The summed E-state index contributed by atoms with van der Waals surface area (Å²) in [7, 11) is -0.425. The van der Waals surface area contributed by atoms with Crippen LogP contribution < -0.4 is 5.46 Å². The van der Waals surface area contributed by atoms with E-state index >= 15 is 0 Å². The van der Waals surface area contributed by atoms with E-state index in [-0.39, 0.29) is 0 Å². The molecule has 0 unspecified atom stereocenters. The summed E-state index contributed by atoms with van der Waals surface area (Å²) in [6.45, 7) is 7.97. The molecule has 2 nitrogen and oxygen atoms in total. The minimum Gasteiger partial charge on any atom is -0.534 e. The second-order valence-electron chi connectivity index (χ2n) is 9.33. The van der Waals surface area contributed by atoms with Gasteiger partial charge in [0.15, 0.2) is 0 Å². The first-order valence-electron chi connectivity index (χ1n) is 11.7. The van der Waals surface area contributed by atoms with Crippen LogP contribution in [-0.4, -0.2) is 12.7 Å². The fourth-order valence-electron chi connectivity index (χ4n) is 4.93. The van der Waals surface area contributed by atoms with Gasteiger partial charge in [0.2, 0.25) is 0 Å². The van der Waals surface area contributed by atoms with Crippen LogP contribution in [0.1, 0.15) is 13.8 Å². The summed E-state index contributed by atoms with van der Waals surface area (Å²) in [5.74, 6) is 0.662. The van der Waals surface area contributed by atoms with E-state index in [1.807, 2.05) is 13.8 Å². The summed E-state index contributed by atoms with van der Waals surface area (Å²) in [5.41, 5.74) is 5.44. The standard InChI is InChI=1S/C31H25BO2/c1-21-31(2,3)34-32(33-21)24-19-17-23(18-20-24)30-27-15-9-7-13-25(27)29(22-11-5-4-6-12-22)26-14-8-10-16-28(26)30/h4-20H,1H2,2-3H3. The van der Waals surface area contributed by atoms with E-state index in [1.54, 1.807) is 0 Å². The molecule has 0 saturated carbocycles. The quantitative estimate of drug-likeness (QED) is 0.216. The molecule has 0 bridgehead atoms. The lowest BCUT2D eigenvalue weighted by molar-refractivity contribution is 0.173. The minimum absolute atomic E-state index is 0.425. The van der Waals surface area contributed by atoms with E-state index < -0.39 is 12.7 Å². The van der Waals surface area contributed by atoms with E-state index in [2.05, 4.69) is 110 Å². The number of fused-ring (bicyclic) bond motifs is 2. The average molecular weight is 440 g/mol. The Morgan fingerprint density at radius 3 is 1.47 bits per heavy atom. The predicted molar refractivity (Wildman–Crippen MR) is 143 cm³/mol. The van der Waals surface area contributed by atoms with Gasteiger partial charge in [0.25, 0.3) is 0 Å². The van der Waals surface area contributed by atoms with Gasteiger partial charge in [0.1, 0.15) is 5.60 Å². The molecule has 164 valence electrons. The van der Waals surface area contributed by atoms with Crippen molar-refractivity contribution in [1.82, 2.24) is 0 Å². The molecule has 0 radical (unpaired) electrons. The van der Waals surface area contributed by atoms with Crippen LogP contribution >= 0.6 is 0 Å². The summed E-state index contributed by atoms with van der Waals surface area (Å²) in [5, 5.41) is 5.00. The van der Waals surface area contributed by atoms with Gasteiger partial charge in [-0.05, 0) is 63.1 Å². The van der Waals surface area contributed by atoms with Gasteiger partial charge >= 0.3 is 7.12 Å². The third-order valence-corrected chi connectivity index (χ3v) is 6.79. The molecular weight excluding hydrogens is 415 g/mol. The molecular formula is C31H25BO2. The van der Waals surface area contributed by atoms with Gasteiger partial charge < -0.3 is 9.31 Å². The van der Waals surface area contributed by atoms with Crippen LogP contribution in [0.4, 0.5) is 0 Å². The second-order valence-corrected chi connectivity index (χ2v) is 9.33. The Hall–Kier alpha value is -3.82. The molecule has 0 spiro atoms. The first kappa shape index (κ1) is 20.8. The highest BCUT2D eigenvalue weighted by Crippen LogP contribution is 2.43. The van der Waals surface area contributed by atoms with Crippen LogP contribution in [0.25, 0.3) is 43.8 Å². The third-order valence-electron chi connectivity index (χ3n) is 6.79. The van der Waals surface area contributed by atoms with Gasteiger partial charge in [-0.1, -0.05) is 110 Å². The van der Waals surface area contributed by atoms with Crippen LogP contribution in [0.5, 0.6) is 0 Å². The van der Waals surface area contributed by atoms with Crippen molar-refractivity contribution in [3.8, 4) is 22.3 Å². The molecule has 0 amide bonds. The van der Waals surface area contributed by atoms with Crippen LogP contribution in [0.3, 0.4) is 0 Å². The van der Waals surface area contributed by atoms with Crippen LogP contribution in [0.15, 0.2) is 115 Å². The SMILES string of the molecule is C=C1OB(c2ccc(-c3c4ccccc4c(-c4ccccc4)c4ccccc34)cc2)OC1(C)C. The molecule has 0 aliphatic carbocycles. The predicted octanol–water partition coefficient (Wildman–Crippen LogP) is 7.36. The smallest absolute Gasteiger partial charge is 0.534 e. The molecule has 5 aromatic rings. The second kappa shape index (κ2) is 7.90. The van der Waals surface area contributed by atoms with E-state index in [9.17, 15) is 0 Å². The van der Waals surface area contributed by atoms with Crippen molar-refractivity contribution in [2.45, 2.75) is 19.4 Å². The highest BCUT2D eigenvalue weighted by atomic mass is 16.7. The lowest BCUT2D eigenvalue weighted by Crippen LogP contribution is -2.34. The summed E-state index contributed by atoms with van der Waals surface area (Å²) in [6, 6.07) is 36.6. The van der Waals surface area contributed by atoms with Crippen molar-refractivity contribution in [3.63, 3.8) is 0 Å². The zero-order chi connectivity index (χ0) is 23.3. The Labute approximate surface area is 200 Å². The van der Waals surface area contributed by atoms with Crippen LogP contribution in [0.2, 0.25) is 0 Å². The molecule has 34 heavy (non-hydrogen) atoms. The topological polar surface area (TPSA) is 18.5 Å². The molecule has 3 heteroatoms. The Kier molecular flexibility index (Phi) is 4.82. The van der Waals surface area contributed by atoms with E-state index in [1.165, 1.54) is 43.8 Å². The minimum atomic E-state index is -0.483. The van der Waals surface area contributed by atoms with Crippen molar-refractivity contribution in [2.75, 3.05) is 0 Å². The molecule has 1 aliphatic heterocycles. The van der Waals surface area contributed by atoms with Gasteiger partial charge in [-0.2, -0.15) is 0 Å². The fraction of sp³-hybridized carbons (Fsp3) is 0.0968. The van der Waals surface area contributed by atoms with Crippen LogP contribution in [-0.2, 0) is 9.31 Å². The zero-order valence-corrected chi connectivity index (χ0v) is 19.4. The number of rotatable bonds is 3. The van der Waals surface area contributed by atoms with E-state index in [0.717, 1.165) is 5.46 Å². The van der Waals surface area contributed by atoms with Gasteiger partial charge in [0.05, 0.1) is 5.76 Å². The van der Waals surface area contributed by atoms with Gasteiger partial charge in [-0.15, -0.1) is 0 Å². The maximum absolute atomic E-state index is 6.08. The maximum Gasteiger partial charge on any atom is 0.563 e. The number of hydrogen-bond donors (Lipinski definition) is 0. The lowest BCUT2D eigenvalue weighted by Gasteiger charge is -2.18. The maximum atomic E-state index is 6.08. The molecule has 5 aromatic carbocycles. The molecule has 0 N–H and O–H groups in total. The van der Waals surface area contributed by atoms with Gasteiger partial charge in [-0.25, -0.2) is 0 Å². The highest BCUT2D eigenvalue weighted by Gasteiger charge is 2.42. The Balaban J connectivity index is 1.55. The first-order chi connectivity index (χ1) is 16.5. The van der Waals surface area contributed by atoms with Crippen LogP contribution in [0, 0.1) is 0 Å². The summed E-state index contributed by atoms with van der Waals surface area (Å²) < 4.78 is 12.0. The molecule has 1 fully saturated rings. The third kappa shape index (κ3) is 3.32. The fourth-order valence-corrected chi connectivity index (χ4v) is 4.93. The molecule has 1 aliphatic rings. The molecule has 0 aromatic heterocycles. The summed E-state index contributed by atoms with van der Waals surface area (Å²) in [4.78, 5) is 0. The number of hydrogen-bond acceptors (Lipinski definition) is 2. The largest absolute Gasteiger partial charge is 0.563 e. The summed E-state index contributed by atoms with van der Waals surface area (Å²) in [6.07, 6.45) is 0. The normalized spacial score (nSPS) is 15.1. The molecule has 6 rings (SSSR count). The van der Waals surface area contributed by atoms with E-state index in [0.29, 0.717) is 5.76 Å². The summed E-state index contributed by atoms with van der Waals surface area (Å²) >= 11 is 0. The van der Waals surface area contributed by atoms with Crippen molar-refractivity contribution in [3.05, 3.63) is 115 Å². The van der Waals surface area contributed by atoms with E-state index in [4.69, 9.17) is 9.31 Å². The van der Waals surface area contributed by atoms with Crippen molar-refractivity contribution in [2.24, 2.45) is 0 Å². The average Bonchev–Trinajstić information content (AvgIpc) is 3.15. The monoisotopic (exact) mass is 440 g/mol. The van der Waals surface area contributed by atoms with Crippen molar-refractivity contribution >= 4 is 34.1 Å². The molecule has 0 atom stereocenters. The molecule has 1 saturated heterocycles. The Morgan fingerprint density at radius 2 is 1.03 bits per heavy atom. The van der Waals surface area contributed by atoms with Crippen molar-refractivity contribution in [1.29, 1.82) is 0 Å². The van der Waals surface area contributed by atoms with Crippen molar-refractivity contribution < 1.29 is 9.31 Å². The lowest BCUT2D eigenvalue weighted by atomic mass is 9.78. The number of benzene rings is 5. The van der Waals surface area contributed by atoms with Gasteiger partial charge in [0, 0.05) is 0 Å². The first-order valence-corrected chi connectivity index (χ1v) is 11.7. The Morgan fingerprint density at radius 1 is 0.588 bits per heavy atom. The Bertz CT molecular complexity index is 1480. The molecule has 1 heterocycles. The van der Waals surface area contributed by atoms with Gasteiger partial charge in [-0.3, -0.25) is 0 Å².